The van der Waals surface area contributed by atoms with E-state index in [1.54, 1.807) is 6.33 Å². The van der Waals surface area contributed by atoms with Gasteiger partial charge in [-0.15, -0.1) is 0 Å². The quantitative estimate of drug-likeness (QED) is 0.856. The lowest BCUT2D eigenvalue weighted by atomic mass is 9.77. The summed E-state index contributed by atoms with van der Waals surface area (Å²) < 4.78 is 0. The molecule has 4 nitrogen and oxygen atoms in total. The van der Waals surface area contributed by atoms with Crippen LogP contribution in [-0.2, 0) is 6.42 Å². The molecule has 0 spiro atoms. The van der Waals surface area contributed by atoms with Crippen molar-refractivity contribution in [3.8, 4) is 0 Å². The van der Waals surface area contributed by atoms with E-state index in [4.69, 9.17) is 5.73 Å². The molecule has 0 aliphatic heterocycles. The number of nitrogens with zero attached hydrogens (tertiary/aromatic N) is 2. The maximum Gasteiger partial charge on any atom is 0.130 e. The van der Waals surface area contributed by atoms with Gasteiger partial charge in [0.2, 0.25) is 0 Å². The number of anilines is 1. The first-order valence-corrected chi connectivity index (χ1v) is 7.46. The lowest BCUT2D eigenvalue weighted by molar-refractivity contribution is 0.271. The fourth-order valence-corrected chi connectivity index (χ4v) is 2.83. The molecule has 1 aliphatic rings. The minimum absolute atomic E-state index is 0.0321. The zero-order valence-electron chi connectivity index (χ0n) is 12.2. The molecule has 0 atom stereocenters. The lowest BCUT2D eigenvalue weighted by Crippen LogP contribution is -2.48. The van der Waals surface area contributed by atoms with Crippen molar-refractivity contribution >= 4 is 5.82 Å². The van der Waals surface area contributed by atoms with Crippen molar-refractivity contribution in [2.45, 2.75) is 57.9 Å². The third-order valence-corrected chi connectivity index (χ3v) is 4.25. The number of aromatic nitrogens is 2. The summed E-state index contributed by atoms with van der Waals surface area (Å²) in [6.07, 6.45) is 8.53. The van der Waals surface area contributed by atoms with Gasteiger partial charge in [-0.25, -0.2) is 9.97 Å². The van der Waals surface area contributed by atoms with E-state index in [1.807, 2.05) is 0 Å². The summed E-state index contributed by atoms with van der Waals surface area (Å²) in [5, 5.41) is 3.59. The molecule has 0 radical (unpaired) electrons. The Labute approximate surface area is 116 Å². The van der Waals surface area contributed by atoms with Crippen LogP contribution >= 0.6 is 0 Å². The van der Waals surface area contributed by atoms with Crippen molar-refractivity contribution in [2.24, 2.45) is 11.7 Å². The Balaban J connectivity index is 2.07. The third-order valence-electron chi connectivity index (χ3n) is 4.25. The Hall–Kier alpha value is -1.16. The summed E-state index contributed by atoms with van der Waals surface area (Å²) in [7, 11) is 0. The van der Waals surface area contributed by atoms with Gasteiger partial charge in [0, 0.05) is 18.3 Å². The van der Waals surface area contributed by atoms with Crippen LogP contribution in [0.15, 0.2) is 12.4 Å². The Morgan fingerprint density at radius 1 is 1.37 bits per heavy atom. The number of nitrogens with two attached hydrogens (primary N) is 1. The maximum absolute atomic E-state index is 6.02. The Kier molecular flexibility index (Phi) is 4.75. The van der Waals surface area contributed by atoms with E-state index in [0.29, 0.717) is 6.54 Å². The third kappa shape index (κ3) is 3.66. The van der Waals surface area contributed by atoms with E-state index in [0.717, 1.165) is 43.1 Å². The molecule has 1 aromatic heterocycles. The van der Waals surface area contributed by atoms with Gasteiger partial charge in [0.05, 0.1) is 5.54 Å². The standard InChI is InChI=1S/C15H26N4/c1-3-4-13-9-14(18-11-17-13)19-15(10-16)7-5-12(2)6-8-15/h9,11-12H,3-8,10,16H2,1-2H3,(H,17,18,19). The summed E-state index contributed by atoms with van der Waals surface area (Å²) >= 11 is 0. The molecule has 19 heavy (non-hydrogen) atoms. The van der Waals surface area contributed by atoms with E-state index in [9.17, 15) is 0 Å². The predicted molar refractivity (Wildman–Crippen MR) is 79.1 cm³/mol. The van der Waals surface area contributed by atoms with Gasteiger partial charge in [-0.1, -0.05) is 20.3 Å². The molecular formula is C15H26N4. The van der Waals surface area contributed by atoms with Crippen molar-refractivity contribution < 1.29 is 0 Å². The molecule has 0 amide bonds. The fraction of sp³-hybridized carbons (Fsp3) is 0.733. The van der Waals surface area contributed by atoms with Crippen molar-refractivity contribution in [2.75, 3.05) is 11.9 Å². The van der Waals surface area contributed by atoms with Gasteiger partial charge in [0.1, 0.15) is 12.1 Å². The average molecular weight is 262 g/mol. The second kappa shape index (κ2) is 6.33. The molecule has 1 fully saturated rings. The largest absolute Gasteiger partial charge is 0.363 e. The van der Waals surface area contributed by atoms with E-state index in [1.165, 1.54) is 12.8 Å². The molecule has 106 valence electrons. The van der Waals surface area contributed by atoms with Crippen molar-refractivity contribution in [3.05, 3.63) is 18.1 Å². The van der Waals surface area contributed by atoms with E-state index < -0.39 is 0 Å². The van der Waals surface area contributed by atoms with Gasteiger partial charge < -0.3 is 11.1 Å². The molecule has 3 N–H and O–H groups in total. The Morgan fingerprint density at radius 2 is 2.11 bits per heavy atom. The van der Waals surface area contributed by atoms with E-state index in [2.05, 4.69) is 35.2 Å². The lowest BCUT2D eigenvalue weighted by Gasteiger charge is -2.39. The van der Waals surface area contributed by atoms with Gasteiger partial charge in [-0.2, -0.15) is 0 Å². The van der Waals surface area contributed by atoms with Gasteiger partial charge >= 0.3 is 0 Å². The normalized spacial score (nSPS) is 27.2. The second-order valence-electron chi connectivity index (χ2n) is 5.94. The molecule has 0 saturated heterocycles. The van der Waals surface area contributed by atoms with Crippen LogP contribution in [0.25, 0.3) is 0 Å². The van der Waals surface area contributed by atoms with Crippen LogP contribution in [-0.4, -0.2) is 22.1 Å². The van der Waals surface area contributed by atoms with Crippen LogP contribution in [0.3, 0.4) is 0 Å². The molecular weight excluding hydrogens is 236 g/mol. The predicted octanol–water partition coefficient (Wildman–Crippen LogP) is 2.75. The van der Waals surface area contributed by atoms with Crippen molar-refractivity contribution in [1.82, 2.24) is 9.97 Å². The van der Waals surface area contributed by atoms with Gasteiger partial charge in [0.25, 0.3) is 0 Å². The number of rotatable bonds is 5. The molecule has 1 heterocycles. The summed E-state index contributed by atoms with van der Waals surface area (Å²) in [6, 6.07) is 2.07. The van der Waals surface area contributed by atoms with E-state index >= 15 is 0 Å². The summed E-state index contributed by atoms with van der Waals surface area (Å²) in [5.41, 5.74) is 7.16. The summed E-state index contributed by atoms with van der Waals surface area (Å²) in [4.78, 5) is 8.65. The highest BCUT2D eigenvalue weighted by molar-refractivity contribution is 5.38. The molecule has 2 rings (SSSR count). The molecule has 1 saturated carbocycles. The molecule has 4 heteroatoms. The molecule has 0 bridgehead atoms. The summed E-state index contributed by atoms with van der Waals surface area (Å²) in [6.45, 7) is 5.16. The first-order chi connectivity index (χ1) is 9.17. The minimum Gasteiger partial charge on any atom is -0.363 e. The highest BCUT2D eigenvalue weighted by atomic mass is 15.1. The first-order valence-electron chi connectivity index (χ1n) is 7.46. The molecule has 1 aromatic rings. The van der Waals surface area contributed by atoms with Gasteiger partial charge in [-0.3, -0.25) is 0 Å². The first kappa shape index (κ1) is 14.3. The van der Waals surface area contributed by atoms with Crippen LogP contribution in [0.4, 0.5) is 5.82 Å². The summed E-state index contributed by atoms with van der Waals surface area (Å²) in [5.74, 6) is 1.75. The Morgan fingerprint density at radius 3 is 2.74 bits per heavy atom. The Bertz CT molecular complexity index is 397. The van der Waals surface area contributed by atoms with E-state index in [-0.39, 0.29) is 5.54 Å². The number of nitrogens with one attached hydrogen (secondary N) is 1. The average Bonchev–Trinajstić information content (AvgIpc) is 2.43. The topological polar surface area (TPSA) is 63.8 Å². The zero-order chi connectivity index (χ0) is 13.7. The molecule has 0 unspecified atom stereocenters. The van der Waals surface area contributed by atoms with Crippen molar-refractivity contribution in [3.63, 3.8) is 0 Å². The molecule has 1 aliphatic carbocycles. The monoisotopic (exact) mass is 262 g/mol. The highest BCUT2D eigenvalue weighted by Gasteiger charge is 2.33. The number of hydrogen-bond acceptors (Lipinski definition) is 4. The van der Waals surface area contributed by atoms with Crippen LogP contribution in [0.5, 0.6) is 0 Å². The van der Waals surface area contributed by atoms with Crippen LogP contribution in [0.2, 0.25) is 0 Å². The van der Waals surface area contributed by atoms with Crippen molar-refractivity contribution in [1.29, 1.82) is 0 Å². The zero-order valence-corrected chi connectivity index (χ0v) is 12.2. The SMILES string of the molecule is CCCc1cc(NC2(CN)CCC(C)CC2)ncn1. The van der Waals surface area contributed by atoms with Gasteiger partial charge in [-0.05, 0) is 38.0 Å². The number of hydrogen-bond donors (Lipinski definition) is 2. The minimum atomic E-state index is 0.0321. The maximum atomic E-state index is 6.02. The van der Waals surface area contributed by atoms with Crippen LogP contribution in [0.1, 0.15) is 51.6 Å². The fourth-order valence-electron chi connectivity index (χ4n) is 2.83. The smallest absolute Gasteiger partial charge is 0.130 e. The van der Waals surface area contributed by atoms with Crippen LogP contribution in [0, 0.1) is 5.92 Å². The number of aryl methyl sites for hydroxylation is 1. The molecule has 0 aromatic carbocycles. The van der Waals surface area contributed by atoms with Crippen LogP contribution < -0.4 is 11.1 Å². The highest BCUT2D eigenvalue weighted by Crippen LogP contribution is 2.33. The van der Waals surface area contributed by atoms with Gasteiger partial charge in [0.15, 0.2) is 0 Å². The second-order valence-corrected chi connectivity index (χ2v) is 5.94.